The molecule has 4 aliphatic rings. The van der Waals surface area contributed by atoms with E-state index in [9.17, 15) is 0 Å². The molecule has 2 bridgehead atoms. The average Bonchev–Trinajstić information content (AvgIpc) is 3.23. The van der Waals surface area contributed by atoms with E-state index in [1.165, 1.54) is 77.8 Å². The number of hydrogen-bond acceptors (Lipinski definition) is 3. The van der Waals surface area contributed by atoms with E-state index in [1.807, 2.05) is 0 Å². The lowest BCUT2D eigenvalue weighted by Gasteiger charge is -2.41. The first kappa shape index (κ1) is 12.6. The van der Waals surface area contributed by atoms with Crippen molar-refractivity contribution in [2.45, 2.75) is 50.6 Å². The van der Waals surface area contributed by atoms with Crippen molar-refractivity contribution < 1.29 is 0 Å². The fourth-order valence-corrected chi connectivity index (χ4v) is 4.71. The second-order valence-corrected chi connectivity index (χ2v) is 7.35. The number of hydrogen-bond donors (Lipinski definition) is 1. The maximum absolute atomic E-state index is 3.60. The van der Waals surface area contributed by atoms with Crippen molar-refractivity contribution in [3.8, 4) is 0 Å². The molecule has 4 rings (SSSR count). The van der Waals surface area contributed by atoms with Gasteiger partial charge in [-0.3, -0.25) is 4.90 Å². The molecule has 1 aliphatic carbocycles. The predicted molar refractivity (Wildman–Crippen MR) is 78.3 cm³/mol. The van der Waals surface area contributed by atoms with Crippen LogP contribution in [0.5, 0.6) is 0 Å². The SMILES string of the molecule is C1CNCC(CN(C2CC2)C2CCN3CCC2C3)C1. The molecule has 3 heterocycles. The molecule has 4 fully saturated rings. The summed E-state index contributed by atoms with van der Waals surface area (Å²) in [5, 5.41) is 3.60. The van der Waals surface area contributed by atoms with Crippen LogP contribution in [0.2, 0.25) is 0 Å². The molecule has 0 radical (unpaired) electrons. The molecule has 3 aliphatic heterocycles. The average molecular weight is 263 g/mol. The van der Waals surface area contributed by atoms with Gasteiger partial charge in [-0.15, -0.1) is 0 Å². The first-order chi connectivity index (χ1) is 9.40. The van der Waals surface area contributed by atoms with E-state index in [2.05, 4.69) is 15.1 Å². The van der Waals surface area contributed by atoms with Crippen LogP contribution in [0.3, 0.4) is 0 Å². The molecule has 3 saturated heterocycles. The molecule has 1 saturated carbocycles. The minimum atomic E-state index is 0.924. The highest BCUT2D eigenvalue weighted by atomic mass is 15.3. The van der Waals surface area contributed by atoms with Crippen molar-refractivity contribution in [1.29, 1.82) is 0 Å². The molecule has 3 nitrogen and oxygen atoms in total. The normalized spacial score (nSPS) is 42.8. The molecule has 0 spiro atoms. The lowest BCUT2D eigenvalue weighted by molar-refractivity contribution is 0.0734. The Kier molecular flexibility index (Phi) is 3.55. The Morgan fingerprint density at radius 1 is 1.05 bits per heavy atom. The molecule has 0 aromatic heterocycles. The largest absolute Gasteiger partial charge is 0.316 e. The lowest BCUT2D eigenvalue weighted by Crippen LogP contribution is -2.50. The van der Waals surface area contributed by atoms with E-state index in [1.54, 1.807) is 0 Å². The second kappa shape index (κ2) is 5.34. The summed E-state index contributed by atoms with van der Waals surface area (Å²) in [6.07, 6.45) is 8.73. The molecule has 0 amide bonds. The van der Waals surface area contributed by atoms with Gasteiger partial charge in [0, 0.05) is 25.2 Å². The standard InChI is InChI=1S/C16H29N3/c1-2-13(10-17-7-1)11-19(15-3-4-15)16-6-9-18-8-5-14(16)12-18/h13-17H,1-12H2. The van der Waals surface area contributed by atoms with Gasteiger partial charge in [-0.2, -0.15) is 0 Å². The summed E-state index contributed by atoms with van der Waals surface area (Å²) in [7, 11) is 0. The smallest absolute Gasteiger partial charge is 0.0151 e. The Bertz CT molecular complexity index is 309. The van der Waals surface area contributed by atoms with Gasteiger partial charge in [-0.05, 0) is 76.5 Å². The molecule has 4 atom stereocenters. The molecule has 1 N–H and O–H groups in total. The summed E-state index contributed by atoms with van der Waals surface area (Å²) in [4.78, 5) is 5.65. The molecular weight excluding hydrogens is 234 g/mol. The van der Waals surface area contributed by atoms with Crippen molar-refractivity contribution in [1.82, 2.24) is 15.1 Å². The molecule has 4 unspecified atom stereocenters. The summed E-state index contributed by atoms with van der Waals surface area (Å²) in [5.74, 6) is 1.92. The minimum Gasteiger partial charge on any atom is -0.316 e. The van der Waals surface area contributed by atoms with Gasteiger partial charge in [0.2, 0.25) is 0 Å². The number of nitrogens with zero attached hydrogens (tertiary/aromatic N) is 2. The Hall–Kier alpha value is -0.120. The van der Waals surface area contributed by atoms with E-state index in [-0.39, 0.29) is 0 Å². The van der Waals surface area contributed by atoms with Crippen molar-refractivity contribution >= 4 is 0 Å². The summed E-state index contributed by atoms with van der Waals surface area (Å²) >= 11 is 0. The molecule has 0 aromatic rings. The number of nitrogens with one attached hydrogen (secondary N) is 1. The van der Waals surface area contributed by atoms with Crippen LogP contribution >= 0.6 is 0 Å². The van der Waals surface area contributed by atoms with Gasteiger partial charge in [0.1, 0.15) is 0 Å². The van der Waals surface area contributed by atoms with Crippen molar-refractivity contribution in [3.05, 3.63) is 0 Å². The van der Waals surface area contributed by atoms with E-state index >= 15 is 0 Å². The van der Waals surface area contributed by atoms with E-state index in [0.29, 0.717) is 0 Å². The maximum Gasteiger partial charge on any atom is 0.0151 e. The van der Waals surface area contributed by atoms with E-state index in [4.69, 9.17) is 0 Å². The van der Waals surface area contributed by atoms with Crippen LogP contribution < -0.4 is 5.32 Å². The van der Waals surface area contributed by atoms with Gasteiger partial charge >= 0.3 is 0 Å². The third-order valence-corrected chi connectivity index (χ3v) is 5.90. The first-order valence-electron chi connectivity index (χ1n) is 8.59. The van der Waals surface area contributed by atoms with Crippen molar-refractivity contribution in [2.75, 3.05) is 39.3 Å². The third-order valence-electron chi connectivity index (χ3n) is 5.90. The number of fused-ring (bicyclic) bond motifs is 2. The van der Waals surface area contributed by atoms with Crippen molar-refractivity contribution in [2.24, 2.45) is 11.8 Å². The topological polar surface area (TPSA) is 18.5 Å². The monoisotopic (exact) mass is 263 g/mol. The summed E-state index contributed by atoms with van der Waals surface area (Å²) in [5.41, 5.74) is 0. The fourth-order valence-electron chi connectivity index (χ4n) is 4.71. The molecule has 3 heteroatoms. The third kappa shape index (κ3) is 2.70. The zero-order chi connectivity index (χ0) is 12.7. The van der Waals surface area contributed by atoms with Crippen LogP contribution in [0.15, 0.2) is 0 Å². The van der Waals surface area contributed by atoms with Crippen LogP contribution in [-0.2, 0) is 0 Å². The fraction of sp³-hybridized carbons (Fsp3) is 1.00. The molecule has 108 valence electrons. The second-order valence-electron chi connectivity index (χ2n) is 7.35. The Balaban J connectivity index is 1.42. The zero-order valence-electron chi connectivity index (χ0n) is 12.2. The predicted octanol–water partition coefficient (Wildman–Crippen LogP) is 1.54. The van der Waals surface area contributed by atoms with Gasteiger partial charge < -0.3 is 10.2 Å². The molecule has 0 aromatic carbocycles. The van der Waals surface area contributed by atoms with Gasteiger partial charge in [0.15, 0.2) is 0 Å². The van der Waals surface area contributed by atoms with Crippen LogP contribution in [-0.4, -0.2) is 61.2 Å². The zero-order valence-corrected chi connectivity index (χ0v) is 12.2. The quantitative estimate of drug-likeness (QED) is 0.830. The Labute approximate surface area is 117 Å². The van der Waals surface area contributed by atoms with Crippen LogP contribution in [0.4, 0.5) is 0 Å². The van der Waals surface area contributed by atoms with Crippen LogP contribution in [0, 0.1) is 11.8 Å². The Morgan fingerprint density at radius 3 is 2.74 bits per heavy atom. The number of rotatable bonds is 4. The van der Waals surface area contributed by atoms with Gasteiger partial charge in [-0.1, -0.05) is 0 Å². The highest BCUT2D eigenvalue weighted by Gasteiger charge is 2.42. The van der Waals surface area contributed by atoms with Gasteiger partial charge in [-0.25, -0.2) is 0 Å². The van der Waals surface area contributed by atoms with E-state index < -0.39 is 0 Å². The summed E-state index contributed by atoms with van der Waals surface area (Å²) in [6, 6.07) is 1.88. The first-order valence-corrected chi connectivity index (χ1v) is 8.59. The van der Waals surface area contributed by atoms with Gasteiger partial charge in [0.05, 0.1) is 0 Å². The van der Waals surface area contributed by atoms with E-state index in [0.717, 1.165) is 23.9 Å². The van der Waals surface area contributed by atoms with Gasteiger partial charge in [0.25, 0.3) is 0 Å². The van der Waals surface area contributed by atoms with Crippen molar-refractivity contribution in [3.63, 3.8) is 0 Å². The highest BCUT2D eigenvalue weighted by Crippen LogP contribution is 2.38. The molecule has 19 heavy (non-hydrogen) atoms. The highest BCUT2D eigenvalue weighted by molar-refractivity contribution is 4.98. The Morgan fingerprint density at radius 2 is 1.95 bits per heavy atom. The lowest BCUT2D eigenvalue weighted by atomic mass is 9.90. The molecular formula is C16H29N3. The minimum absolute atomic E-state index is 0.924. The summed E-state index contributed by atoms with van der Waals surface area (Å²) in [6.45, 7) is 8.06. The number of piperidine rings is 2. The summed E-state index contributed by atoms with van der Waals surface area (Å²) < 4.78 is 0. The maximum atomic E-state index is 3.60. The van der Waals surface area contributed by atoms with Crippen LogP contribution in [0.1, 0.15) is 38.5 Å². The van der Waals surface area contributed by atoms with Crippen LogP contribution in [0.25, 0.3) is 0 Å².